The monoisotopic (exact) mass is 256 g/mol. The van der Waals surface area contributed by atoms with Crippen molar-refractivity contribution >= 4 is 5.97 Å². The second-order valence-corrected chi connectivity index (χ2v) is 6.43. The van der Waals surface area contributed by atoms with Gasteiger partial charge in [0.2, 0.25) is 0 Å². The zero-order valence-corrected chi connectivity index (χ0v) is 11.8. The number of hydrogen-bond donors (Lipinski definition) is 0. The molecule has 1 saturated carbocycles. The third kappa shape index (κ3) is 3.04. The van der Waals surface area contributed by atoms with Crippen LogP contribution in [0, 0.1) is 11.8 Å². The minimum Gasteiger partial charge on any atom is -0.460 e. The van der Waals surface area contributed by atoms with Crippen LogP contribution in [0.4, 0.5) is 0 Å². The average Bonchev–Trinajstić information content (AvgIpc) is 2.86. The molecule has 1 spiro atoms. The van der Waals surface area contributed by atoms with Gasteiger partial charge in [-0.1, -0.05) is 6.92 Å². The molecule has 0 radical (unpaired) electrons. The molecule has 4 heteroatoms. The fourth-order valence-corrected chi connectivity index (χ4v) is 2.78. The lowest BCUT2D eigenvalue weighted by Crippen LogP contribution is -2.32. The maximum Gasteiger partial charge on any atom is 0.309 e. The quantitative estimate of drug-likeness (QED) is 0.712. The SMILES string of the molecule is CC(C(=O)OC(C)(C)C)C1CCC2(C1)OCCO2. The van der Waals surface area contributed by atoms with Gasteiger partial charge in [0, 0.05) is 12.8 Å². The van der Waals surface area contributed by atoms with Gasteiger partial charge in [-0.15, -0.1) is 0 Å². The molecule has 4 nitrogen and oxygen atoms in total. The number of carbonyl (C=O) groups is 1. The van der Waals surface area contributed by atoms with Gasteiger partial charge in [-0.25, -0.2) is 0 Å². The predicted octanol–water partition coefficient (Wildman–Crippen LogP) is 2.51. The first-order chi connectivity index (χ1) is 8.31. The van der Waals surface area contributed by atoms with Crippen molar-refractivity contribution in [1.29, 1.82) is 0 Å². The van der Waals surface area contributed by atoms with Crippen LogP contribution in [0.3, 0.4) is 0 Å². The lowest BCUT2D eigenvalue weighted by Gasteiger charge is -2.26. The van der Waals surface area contributed by atoms with Crippen molar-refractivity contribution in [3.63, 3.8) is 0 Å². The molecule has 1 aliphatic carbocycles. The van der Waals surface area contributed by atoms with Crippen LogP contribution >= 0.6 is 0 Å². The van der Waals surface area contributed by atoms with Gasteiger partial charge in [0.1, 0.15) is 5.60 Å². The molecule has 2 unspecified atom stereocenters. The molecule has 0 aromatic rings. The van der Waals surface area contributed by atoms with E-state index in [4.69, 9.17) is 14.2 Å². The molecule has 2 rings (SSSR count). The molecule has 0 aromatic carbocycles. The van der Waals surface area contributed by atoms with Crippen molar-refractivity contribution < 1.29 is 19.0 Å². The summed E-state index contributed by atoms with van der Waals surface area (Å²) < 4.78 is 16.8. The van der Waals surface area contributed by atoms with Gasteiger partial charge in [0.15, 0.2) is 5.79 Å². The van der Waals surface area contributed by atoms with Crippen LogP contribution < -0.4 is 0 Å². The molecule has 0 amide bonds. The summed E-state index contributed by atoms with van der Waals surface area (Å²) in [5.41, 5.74) is -0.415. The molecule has 0 bridgehead atoms. The van der Waals surface area contributed by atoms with Gasteiger partial charge in [-0.3, -0.25) is 4.79 Å². The van der Waals surface area contributed by atoms with E-state index in [1.165, 1.54) is 0 Å². The number of esters is 1. The largest absolute Gasteiger partial charge is 0.460 e. The molecular formula is C14H24O4. The smallest absolute Gasteiger partial charge is 0.309 e. The summed E-state index contributed by atoms with van der Waals surface area (Å²) >= 11 is 0. The molecule has 0 N–H and O–H groups in total. The first-order valence-corrected chi connectivity index (χ1v) is 6.82. The van der Waals surface area contributed by atoms with Crippen LogP contribution in [0.15, 0.2) is 0 Å². The fraction of sp³-hybridized carbons (Fsp3) is 0.929. The van der Waals surface area contributed by atoms with E-state index in [2.05, 4.69) is 0 Å². The van der Waals surface area contributed by atoms with E-state index in [1.54, 1.807) is 0 Å². The Balaban J connectivity index is 1.90. The van der Waals surface area contributed by atoms with Crippen LogP contribution in [0.5, 0.6) is 0 Å². The highest BCUT2D eigenvalue weighted by Gasteiger charge is 2.47. The van der Waals surface area contributed by atoms with Gasteiger partial charge >= 0.3 is 5.97 Å². The van der Waals surface area contributed by atoms with E-state index in [-0.39, 0.29) is 11.9 Å². The molecule has 2 aliphatic rings. The molecule has 1 heterocycles. The Bertz CT molecular complexity index is 312. The lowest BCUT2D eigenvalue weighted by atomic mass is 9.92. The first-order valence-electron chi connectivity index (χ1n) is 6.82. The standard InChI is InChI=1S/C14H24O4/c1-10(12(15)18-13(2,3)4)11-5-6-14(9-11)16-7-8-17-14/h10-11H,5-9H2,1-4H3. The highest BCUT2D eigenvalue weighted by molar-refractivity contribution is 5.72. The van der Waals surface area contributed by atoms with Crippen LogP contribution in [-0.4, -0.2) is 30.6 Å². The van der Waals surface area contributed by atoms with Gasteiger partial charge < -0.3 is 14.2 Å². The second-order valence-electron chi connectivity index (χ2n) is 6.43. The van der Waals surface area contributed by atoms with Crippen molar-refractivity contribution in [2.75, 3.05) is 13.2 Å². The normalized spacial score (nSPS) is 28.6. The zero-order chi connectivity index (χ0) is 13.4. The maximum atomic E-state index is 12.0. The molecule has 0 aromatic heterocycles. The Morgan fingerprint density at radius 3 is 2.50 bits per heavy atom. The van der Waals surface area contributed by atoms with Crippen molar-refractivity contribution in [2.24, 2.45) is 11.8 Å². The van der Waals surface area contributed by atoms with Crippen molar-refractivity contribution in [3.05, 3.63) is 0 Å². The van der Waals surface area contributed by atoms with E-state index in [0.29, 0.717) is 19.1 Å². The van der Waals surface area contributed by atoms with Gasteiger partial charge in [0.05, 0.1) is 19.1 Å². The average molecular weight is 256 g/mol. The Kier molecular flexibility index (Phi) is 3.70. The Labute approximate surface area is 109 Å². The minimum absolute atomic E-state index is 0.0867. The van der Waals surface area contributed by atoms with Crippen molar-refractivity contribution in [2.45, 2.75) is 58.3 Å². The summed E-state index contributed by atoms with van der Waals surface area (Å²) in [6.45, 7) is 9.00. The van der Waals surface area contributed by atoms with Gasteiger partial charge in [-0.2, -0.15) is 0 Å². The fourth-order valence-electron chi connectivity index (χ4n) is 2.78. The third-order valence-corrected chi connectivity index (χ3v) is 3.77. The summed E-state index contributed by atoms with van der Waals surface area (Å²) in [4.78, 5) is 12.0. The third-order valence-electron chi connectivity index (χ3n) is 3.77. The summed E-state index contributed by atoms with van der Waals surface area (Å²) in [6, 6.07) is 0. The van der Waals surface area contributed by atoms with Crippen LogP contribution in [-0.2, 0) is 19.0 Å². The summed E-state index contributed by atoms with van der Waals surface area (Å²) in [5.74, 6) is -0.294. The number of ether oxygens (including phenoxy) is 3. The highest BCUT2D eigenvalue weighted by atomic mass is 16.7. The van der Waals surface area contributed by atoms with Crippen LogP contribution in [0.25, 0.3) is 0 Å². The number of carbonyl (C=O) groups excluding carboxylic acids is 1. The Morgan fingerprint density at radius 1 is 1.33 bits per heavy atom. The highest BCUT2D eigenvalue weighted by Crippen LogP contribution is 2.44. The van der Waals surface area contributed by atoms with Crippen LogP contribution in [0.1, 0.15) is 47.0 Å². The second kappa shape index (κ2) is 4.82. The van der Waals surface area contributed by atoms with Crippen molar-refractivity contribution in [3.8, 4) is 0 Å². The summed E-state index contributed by atoms with van der Waals surface area (Å²) in [7, 11) is 0. The van der Waals surface area contributed by atoms with E-state index in [9.17, 15) is 4.79 Å². The molecule has 1 saturated heterocycles. The van der Waals surface area contributed by atoms with E-state index in [0.717, 1.165) is 19.3 Å². The van der Waals surface area contributed by atoms with Crippen LogP contribution in [0.2, 0.25) is 0 Å². The Morgan fingerprint density at radius 2 is 1.94 bits per heavy atom. The molecule has 2 fully saturated rings. The van der Waals surface area contributed by atoms with E-state index < -0.39 is 11.4 Å². The molecule has 104 valence electrons. The van der Waals surface area contributed by atoms with E-state index >= 15 is 0 Å². The minimum atomic E-state index is -0.415. The Hall–Kier alpha value is -0.610. The number of hydrogen-bond acceptors (Lipinski definition) is 4. The summed E-state index contributed by atoms with van der Waals surface area (Å²) in [5, 5.41) is 0. The van der Waals surface area contributed by atoms with Crippen molar-refractivity contribution in [1.82, 2.24) is 0 Å². The van der Waals surface area contributed by atoms with Gasteiger partial charge in [0.25, 0.3) is 0 Å². The maximum absolute atomic E-state index is 12.0. The molecule has 18 heavy (non-hydrogen) atoms. The molecular weight excluding hydrogens is 232 g/mol. The topological polar surface area (TPSA) is 44.8 Å². The molecule has 1 aliphatic heterocycles. The van der Waals surface area contributed by atoms with E-state index in [1.807, 2.05) is 27.7 Å². The lowest BCUT2D eigenvalue weighted by molar-refractivity contribution is -0.165. The first kappa shape index (κ1) is 13.8. The zero-order valence-electron chi connectivity index (χ0n) is 11.8. The summed E-state index contributed by atoms with van der Waals surface area (Å²) in [6.07, 6.45) is 2.68. The number of rotatable bonds is 2. The predicted molar refractivity (Wildman–Crippen MR) is 67.0 cm³/mol. The van der Waals surface area contributed by atoms with Gasteiger partial charge in [-0.05, 0) is 33.1 Å². The molecule has 2 atom stereocenters.